The molecule has 0 atom stereocenters. The van der Waals surface area contributed by atoms with Crippen LogP contribution in [0.5, 0.6) is 0 Å². The predicted octanol–water partition coefficient (Wildman–Crippen LogP) is 3.76. The highest BCUT2D eigenvalue weighted by Crippen LogP contribution is 2.19. The lowest BCUT2D eigenvalue weighted by molar-refractivity contribution is 0.0695. The molecule has 0 aliphatic carbocycles. The van der Waals surface area contributed by atoms with Crippen molar-refractivity contribution in [2.24, 2.45) is 0 Å². The van der Waals surface area contributed by atoms with Gasteiger partial charge in [-0.3, -0.25) is 4.79 Å². The fourth-order valence-electron chi connectivity index (χ4n) is 1.98. The molecule has 0 radical (unpaired) electrons. The van der Waals surface area contributed by atoms with E-state index in [0.717, 1.165) is 21.9 Å². The summed E-state index contributed by atoms with van der Waals surface area (Å²) >= 11 is 1.49. The Kier molecular flexibility index (Phi) is 4.90. The van der Waals surface area contributed by atoms with Gasteiger partial charge < -0.3 is 4.90 Å². The molecule has 1 aromatic carbocycles. The van der Waals surface area contributed by atoms with Crippen LogP contribution in [0.3, 0.4) is 0 Å². The highest BCUT2D eigenvalue weighted by molar-refractivity contribution is 7.13. The van der Waals surface area contributed by atoms with Gasteiger partial charge in [-0.2, -0.15) is 0 Å². The Labute approximate surface area is 124 Å². The molecule has 106 valence electrons. The number of aromatic nitrogens is 1. The van der Waals surface area contributed by atoms with Crippen molar-refractivity contribution in [2.45, 2.75) is 39.8 Å². The number of benzene rings is 1. The zero-order valence-corrected chi connectivity index (χ0v) is 13.0. The largest absolute Gasteiger partial charge is 0.331 e. The fourth-order valence-corrected chi connectivity index (χ4v) is 2.80. The summed E-state index contributed by atoms with van der Waals surface area (Å²) in [5, 5.41) is 1.01. The minimum absolute atomic E-state index is 0.0704. The van der Waals surface area contributed by atoms with E-state index in [1.165, 1.54) is 11.3 Å². The van der Waals surface area contributed by atoms with E-state index >= 15 is 0 Å². The number of nitrogens with zero attached hydrogens (tertiary/aromatic N) is 2. The van der Waals surface area contributed by atoms with Crippen molar-refractivity contribution in [3.8, 4) is 0 Å². The van der Waals surface area contributed by atoms with Crippen molar-refractivity contribution in [3.05, 3.63) is 52.0 Å². The first kappa shape index (κ1) is 14.7. The van der Waals surface area contributed by atoms with Crippen LogP contribution < -0.4 is 0 Å². The van der Waals surface area contributed by atoms with Gasteiger partial charge in [0.25, 0.3) is 5.91 Å². The molecule has 0 fully saturated rings. The summed E-state index contributed by atoms with van der Waals surface area (Å²) in [5.74, 6) is 0.0704. The third kappa shape index (κ3) is 3.45. The monoisotopic (exact) mass is 288 g/mol. The van der Waals surface area contributed by atoms with Gasteiger partial charge in [0, 0.05) is 12.6 Å². The molecule has 1 aromatic heterocycles. The second-order valence-corrected chi connectivity index (χ2v) is 6.10. The number of carbonyl (C=O) groups excluding carboxylic acids is 1. The van der Waals surface area contributed by atoms with Crippen molar-refractivity contribution in [3.63, 3.8) is 0 Å². The Bertz CT molecular complexity index is 563. The van der Waals surface area contributed by atoms with Crippen LogP contribution in [0.15, 0.2) is 36.5 Å². The highest BCUT2D eigenvalue weighted by Gasteiger charge is 2.21. The van der Waals surface area contributed by atoms with E-state index in [1.54, 1.807) is 6.20 Å². The van der Waals surface area contributed by atoms with Gasteiger partial charge in [-0.05, 0) is 25.8 Å². The van der Waals surface area contributed by atoms with Crippen LogP contribution in [0.4, 0.5) is 0 Å². The highest BCUT2D eigenvalue weighted by atomic mass is 32.1. The molecule has 0 spiro atoms. The summed E-state index contributed by atoms with van der Waals surface area (Å²) < 4.78 is 0. The third-order valence-corrected chi connectivity index (χ3v) is 4.28. The summed E-state index contributed by atoms with van der Waals surface area (Å²) in [6.45, 7) is 6.78. The van der Waals surface area contributed by atoms with E-state index in [2.05, 4.69) is 11.9 Å². The molecule has 3 nitrogen and oxygen atoms in total. The predicted molar refractivity (Wildman–Crippen MR) is 82.9 cm³/mol. The van der Waals surface area contributed by atoms with Gasteiger partial charge >= 0.3 is 0 Å². The second-order valence-electron chi connectivity index (χ2n) is 4.98. The van der Waals surface area contributed by atoms with Crippen molar-refractivity contribution in [2.75, 3.05) is 0 Å². The number of hydrogen-bond donors (Lipinski definition) is 0. The minimum atomic E-state index is 0.0704. The smallest absolute Gasteiger partial charge is 0.266 e. The zero-order chi connectivity index (χ0) is 14.5. The molecule has 2 aromatic rings. The maximum absolute atomic E-state index is 12.6. The van der Waals surface area contributed by atoms with Crippen LogP contribution in [0.25, 0.3) is 0 Å². The van der Waals surface area contributed by atoms with Crippen molar-refractivity contribution >= 4 is 17.2 Å². The molecule has 1 amide bonds. The molecule has 0 saturated carbocycles. The van der Waals surface area contributed by atoms with Gasteiger partial charge in [0.15, 0.2) is 0 Å². The van der Waals surface area contributed by atoms with Crippen molar-refractivity contribution in [1.82, 2.24) is 9.88 Å². The zero-order valence-electron chi connectivity index (χ0n) is 12.2. The Morgan fingerprint density at radius 2 is 2.00 bits per heavy atom. The molecule has 0 unspecified atom stereocenters. The SMILES string of the molecule is CCc1ncc(C(=O)N(Cc2ccccc2)C(C)C)s1. The lowest BCUT2D eigenvalue weighted by atomic mass is 10.2. The van der Waals surface area contributed by atoms with Crippen LogP contribution in [-0.2, 0) is 13.0 Å². The number of rotatable bonds is 5. The molecule has 0 saturated heterocycles. The van der Waals surface area contributed by atoms with Gasteiger partial charge in [-0.1, -0.05) is 37.3 Å². The van der Waals surface area contributed by atoms with Crippen LogP contribution >= 0.6 is 11.3 Å². The second kappa shape index (κ2) is 6.66. The Hall–Kier alpha value is -1.68. The standard InChI is InChI=1S/C16H20N2OS/c1-4-15-17-10-14(20-15)16(19)18(12(2)3)11-13-8-6-5-7-9-13/h5-10,12H,4,11H2,1-3H3. The summed E-state index contributed by atoms with van der Waals surface area (Å²) in [5.41, 5.74) is 1.15. The van der Waals surface area contributed by atoms with E-state index < -0.39 is 0 Å². The van der Waals surface area contributed by atoms with Crippen LogP contribution in [0, 0.1) is 0 Å². The Morgan fingerprint density at radius 1 is 1.30 bits per heavy atom. The first-order valence-corrected chi connectivity index (χ1v) is 7.73. The summed E-state index contributed by atoms with van der Waals surface area (Å²) in [4.78, 5) is 19.5. The molecule has 20 heavy (non-hydrogen) atoms. The molecule has 0 aliphatic heterocycles. The third-order valence-electron chi connectivity index (χ3n) is 3.15. The number of amides is 1. The number of hydrogen-bond acceptors (Lipinski definition) is 3. The minimum Gasteiger partial charge on any atom is -0.331 e. The Morgan fingerprint density at radius 3 is 2.55 bits per heavy atom. The maximum atomic E-state index is 12.6. The van der Waals surface area contributed by atoms with Crippen LogP contribution in [0.1, 0.15) is 41.0 Å². The van der Waals surface area contributed by atoms with Gasteiger partial charge in [-0.15, -0.1) is 11.3 Å². The van der Waals surface area contributed by atoms with Gasteiger partial charge in [-0.25, -0.2) is 4.98 Å². The van der Waals surface area contributed by atoms with Crippen molar-refractivity contribution in [1.29, 1.82) is 0 Å². The normalized spacial score (nSPS) is 10.8. The maximum Gasteiger partial charge on any atom is 0.266 e. The van der Waals surface area contributed by atoms with E-state index in [9.17, 15) is 4.79 Å². The lowest BCUT2D eigenvalue weighted by Gasteiger charge is -2.26. The molecule has 0 N–H and O–H groups in total. The van der Waals surface area contributed by atoms with Crippen molar-refractivity contribution < 1.29 is 4.79 Å². The number of thiazole rings is 1. The van der Waals surface area contributed by atoms with E-state index in [-0.39, 0.29) is 11.9 Å². The summed E-state index contributed by atoms with van der Waals surface area (Å²) in [6, 6.07) is 10.2. The van der Waals surface area contributed by atoms with Gasteiger partial charge in [0.05, 0.1) is 11.2 Å². The molecule has 4 heteroatoms. The molecule has 1 heterocycles. The van der Waals surface area contributed by atoms with Crippen LogP contribution in [0.2, 0.25) is 0 Å². The molecular weight excluding hydrogens is 268 g/mol. The number of carbonyl (C=O) groups is 1. The van der Waals surface area contributed by atoms with Gasteiger partial charge in [0.2, 0.25) is 0 Å². The number of aryl methyl sites for hydroxylation is 1. The van der Waals surface area contributed by atoms with E-state index in [0.29, 0.717) is 6.54 Å². The van der Waals surface area contributed by atoms with Crippen LogP contribution in [-0.4, -0.2) is 21.8 Å². The molecule has 2 rings (SSSR count). The average Bonchev–Trinajstić information content (AvgIpc) is 2.94. The lowest BCUT2D eigenvalue weighted by Crippen LogP contribution is -2.35. The molecule has 0 bridgehead atoms. The average molecular weight is 288 g/mol. The quantitative estimate of drug-likeness (QED) is 0.839. The molecular formula is C16H20N2OS. The fraction of sp³-hybridized carbons (Fsp3) is 0.375. The Balaban J connectivity index is 2.18. The summed E-state index contributed by atoms with van der Waals surface area (Å²) in [7, 11) is 0. The first-order valence-electron chi connectivity index (χ1n) is 6.91. The first-order chi connectivity index (χ1) is 9.61. The van der Waals surface area contributed by atoms with Gasteiger partial charge in [0.1, 0.15) is 4.88 Å². The van der Waals surface area contributed by atoms with E-state index in [1.807, 2.05) is 49.1 Å². The topological polar surface area (TPSA) is 33.2 Å². The summed E-state index contributed by atoms with van der Waals surface area (Å²) in [6.07, 6.45) is 2.57. The van der Waals surface area contributed by atoms with E-state index in [4.69, 9.17) is 0 Å². The molecule has 0 aliphatic rings.